The predicted molar refractivity (Wildman–Crippen MR) is 197 cm³/mol. The number of primary amides is 1. The molecule has 2 aromatic rings. The Balaban J connectivity index is 1.84. The van der Waals surface area contributed by atoms with E-state index < -0.39 is 48.2 Å². The van der Waals surface area contributed by atoms with E-state index in [1.54, 1.807) is 40.2 Å². The number of nitrogens with two attached hydrogens (primary N) is 1. The van der Waals surface area contributed by atoms with Gasteiger partial charge in [0.15, 0.2) is 11.5 Å². The minimum atomic E-state index is -0.925. The average Bonchev–Trinajstić information content (AvgIpc) is 3.53. The predicted octanol–water partition coefficient (Wildman–Crippen LogP) is 4.98. The summed E-state index contributed by atoms with van der Waals surface area (Å²) < 4.78 is 33.6. The van der Waals surface area contributed by atoms with Crippen LogP contribution in [-0.4, -0.2) is 93.4 Å². The molecule has 4 atom stereocenters. The van der Waals surface area contributed by atoms with E-state index in [1.807, 2.05) is 32.0 Å². The number of amides is 3. The zero-order valence-corrected chi connectivity index (χ0v) is 32.4. The SMILES string of the molecule is COCCCOc1cc(CC(CC2C(CC(C(=O)NCC(C)(C)C(N)=O)C(C)C)OCN2C(=O)OCOC(=O)c2cccnc2)C(C)C)ccc1OC. The Bertz CT molecular complexity index is 1490. The van der Waals surface area contributed by atoms with Crippen molar-refractivity contribution in [1.29, 1.82) is 0 Å². The molecule has 0 aliphatic carbocycles. The Kier molecular flexibility index (Phi) is 16.8. The van der Waals surface area contributed by atoms with E-state index in [1.165, 1.54) is 17.3 Å². The van der Waals surface area contributed by atoms with Gasteiger partial charge in [-0.25, -0.2) is 9.59 Å². The smallest absolute Gasteiger partial charge is 0.414 e. The summed E-state index contributed by atoms with van der Waals surface area (Å²) in [4.78, 5) is 56.9. The van der Waals surface area contributed by atoms with Crippen molar-refractivity contribution in [2.24, 2.45) is 34.8 Å². The van der Waals surface area contributed by atoms with Crippen LogP contribution in [0.15, 0.2) is 42.7 Å². The van der Waals surface area contributed by atoms with Gasteiger partial charge in [-0.3, -0.25) is 19.5 Å². The number of nitrogens with one attached hydrogen (secondary N) is 1. The van der Waals surface area contributed by atoms with E-state index in [-0.39, 0.29) is 42.5 Å². The number of nitrogens with zero attached hydrogens (tertiary/aromatic N) is 2. The molecule has 0 radical (unpaired) electrons. The molecular weight excluding hydrogens is 684 g/mol. The summed E-state index contributed by atoms with van der Waals surface area (Å²) in [5.74, 6) is -0.441. The van der Waals surface area contributed by atoms with Gasteiger partial charge in [0.05, 0.1) is 36.8 Å². The van der Waals surface area contributed by atoms with Crippen LogP contribution in [0.25, 0.3) is 0 Å². The molecule has 3 rings (SSSR count). The van der Waals surface area contributed by atoms with Gasteiger partial charge < -0.3 is 39.5 Å². The summed E-state index contributed by atoms with van der Waals surface area (Å²) in [6, 6.07) is 8.57. The molecule has 4 unspecified atom stereocenters. The third kappa shape index (κ3) is 12.9. The number of hydrogen-bond acceptors (Lipinski definition) is 11. The summed E-state index contributed by atoms with van der Waals surface area (Å²) in [6.45, 7) is 12.0. The maximum atomic E-state index is 13.6. The minimum Gasteiger partial charge on any atom is -0.493 e. The molecule has 1 aliphatic heterocycles. The first kappa shape index (κ1) is 43.0. The number of aromatic nitrogens is 1. The molecule has 0 spiro atoms. The molecule has 1 aliphatic rings. The molecule has 1 fully saturated rings. The number of hydrogen-bond donors (Lipinski definition) is 2. The van der Waals surface area contributed by atoms with Crippen LogP contribution >= 0.6 is 0 Å². The first-order valence-corrected chi connectivity index (χ1v) is 18.2. The highest BCUT2D eigenvalue weighted by Crippen LogP contribution is 2.36. The Morgan fingerprint density at radius 3 is 2.40 bits per heavy atom. The van der Waals surface area contributed by atoms with Crippen LogP contribution in [0.1, 0.15) is 76.7 Å². The fraction of sp³-hybridized carbons (Fsp3) is 0.615. The maximum absolute atomic E-state index is 13.6. The fourth-order valence-electron chi connectivity index (χ4n) is 6.07. The van der Waals surface area contributed by atoms with Gasteiger partial charge in [0, 0.05) is 45.0 Å². The van der Waals surface area contributed by atoms with Crippen LogP contribution in [0.4, 0.5) is 4.79 Å². The molecule has 3 amide bonds. The average molecular weight is 743 g/mol. The Hall–Kier alpha value is -4.43. The number of pyridine rings is 1. The van der Waals surface area contributed by atoms with Gasteiger partial charge in [0.1, 0.15) is 6.73 Å². The van der Waals surface area contributed by atoms with Crippen molar-refractivity contribution >= 4 is 23.9 Å². The van der Waals surface area contributed by atoms with Crippen LogP contribution < -0.4 is 20.5 Å². The summed E-state index contributed by atoms with van der Waals surface area (Å²) in [5, 5.41) is 2.91. The van der Waals surface area contributed by atoms with E-state index in [4.69, 9.17) is 34.2 Å². The molecule has 294 valence electrons. The molecule has 1 saturated heterocycles. The first-order valence-electron chi connectivity index (χ1n) is 18.2. The van der Waals surface area contributed by atoms with Crippen LogP contribution in [0.2, 0.25) is 0 Å². The van der Waals surface area contributed by atoms with Gasteiger partial charge in [-0.15, -0.1) is 0 Å². The lowest BCUT2D eigenvalue weighted by Gasteiger charge is -2.33. The van der Waals surface area contributed by atoms with E-state index in [9.17, 15) is 19.2 Å². The highest BCUT2D eigenvalue weighted by molar-refractivity contribution is 5.89. The summed E-state index contributed by atoms with van der Waals surface area (Å²) >= 11 is 0. The summed E-state index contributed by atoms with van der Waals surface area (Å²) in [7, 11) is 3.25. The zero-order chi connectivity index (χ0) is 39.1. The van der Waals surface area contributed by atoms with Crippen LogP contribution in [0, 0.1) is 29.1 Å². The van der Waals surface area contributed by atoms with Crippen molar-refractivity contribution < 1.29 is 47.6 Å². The Morgan fingerprint density at radius 1 is 1.02 bits per heavy atom. The highest BCUT2D eigenvalue weighted by atomic mass is 16.7. The second-order valence-electron chi connectivity index (χ2n) is 14.7. The number of benzene rings is 1. The third-order valence-corrected chi connectivity index (χ3v) is 9.72. The summed E-state index contributed by atoms with van der Waals surface area (Å²) in [5.41, 5.74) is 5.88. The van der Waals surface area contributed by atoms with E-state index >= 15 is 0 Å². The highest BCUT2D eigenvalue weighted by Gasteiger charge is 2.43. The molecule has 1 aromatic heterocycles. The molecule has 14 nitrogen and oxygen atoms in total. The number of ether oxygens (including phenoxy) is 6. The lowest BCUT2D eigenvalue weighted by molar-refractivity contribution is -0.130. The molecule has 53 heavy (non-hydrogen) atoms. The van der Waals surface area contributed by atoms with Crippen molar-refractivity contribution in [1.82, 2.24) is 15.2 Å². The van der Waals surface area contributed by atoms with Gasteiger partial charge in [0.25, 0.3) is 0 Å². The fourth-order valence-corrected chi connectivity index (χ4v) is 6.07. The quantitative estimate of drug-likeness (QED) is 0.100. The van der Waals surface area contributed by atoms with Gasteiger partial charge >= 0.3 is 12.1 Å². The second kappa shape index (κ2) is 20.7. The normalized spacial score (nSPS) is 17.0. The number of rotatable bonds is 21. The number of esters is 1. The number of carbonyl (C=O) groups excluding carboxylic acids is 4. The van der Waals surface area contributed by atoms with Crippen molar-refractivity contribution in [3.63, 3.8) is 0 Å². The van der Waals surface area contributed by atoms with Gasteiger partial charge in [-0.05, 0) is 80.7 Å². The topological polar surface area (TPSA) is 178 Å². The molecule has 0 bridgehead atoms. The lowest BCUT2D eigenvalue weighted by Crippen LogP contribution is -2.47. The molecule has 0 saturated carbocycles. The summed E-state index contributed by atoms with van der Waals surface area (Å²) in [6.07, 6.45) is 3.92. The van der Waals surface area contributed by atoms with E-state index in [0.717, 1.165) is 12.0 Å². The Morgan fingerprint density at radius 2 is 1.77 bits per heavy atom. The van der Waals surface area contributed by atoms with Gasteiger partial charge in [0.2, 0.25) is 18.6 Å². The van der Waals surface area contributed by atoms with E-state index in [2.05, 4.69) is 24.1 Å². The number of carbonyl (C=O) groups is 4. The van der Waals surface area contributed by atoms with Gasteiger partial charge in [-0.1, -0.05) is 33.8 Å². The molecule has 1 aromatic carbocycles. The largest absolute Gasteiger partial charge is 0.493 e. The molecular formula is C39H58N4O10. The van der Waals surface area contributed by atoms with Crippen molar-refractivity contribution in [2.45, 2.75) is 79.4 Å². The van der Waals surface area contributed by atoms with Crippen LogP contribution in [-0.2, 0) is 35.0 Å². The first-order chi connectivity index (χ1) is 25.2. The second-order valence-corrected chi connectivity index (χ2v) is 14.7. The standard InChI is InChI=1S/C39H58N4O10/c1-25(2)29(17-27-12-13-32(49-8)34(18-27)50-16-10-15-48-7)19-31-33(20-30(26(3)4)35(44)42-22-39(5,6)37(40)46)51-23-43(31)38(47)53-24-52-36(45)28-11-9-14-41-21-28/h9,11-14,18,21,25-26,29-31,33H,10,15-17,19-20,22-24H2,1-8H3,(H2,40,46)(H,42,44). The molecule has 14 heteroatoms. The zero-order valence-electron chi connectivity index (χ0n) is 32.4. The van der Waals surface area contributed by atoms with Crippen LogP contribution in [0.3, 0.4) is 0 Å². The van der Waals surface area contributed by atoms with Crippen molar-refractivity contribution in [2.75, 3.05) is 47.5 Å². The van der Waals surface area contributed by atoms with Crippen molar-refractivity contribution in [3.05, 3.63) is 53.9 Å². The number of methoxy groups -OCH3 is 2. The third-order valence-electron chi connectivity index (χ3n) is 9.72. The van der Waals surface area contributed by atoms with Crippen molar-refractivity contribution in [3.8, 4) is 11.5 Å². The molecule has 2 heterocycles. The van der Waals surface area contributed by atoms with Gasteiger partial charge in [-0.2, -0.15) is 0 Å². The monoisotopic (exact) mass is 742 g/mol. The maximum Gasteiger partial charge on any atom is 0.414 e. The minimum absolute atomic E-state index is 0.0698. The lowest BCUT2D eigenvalue weighted by atomic mass is 9.80. The van der Waals surface area contributed by atoms with E-state index in [0.29, 0.717) is 44.0 Å². The Labute approximate surface area is 313 Å². The van der Waals surface area contributed by atoms with Crippen LogP contribution in [0.5, 0.6) is 11.5 Å². The molecule has 3 N–H and O–H groups in total.